The van der Waals surface area contributed by atoms with E-state index in [9.17, 15) is 21.6 Å². The molecule has 0 N–H and O–H groups in total. The van der Waals surface area contributed by atoms with Gasteiger partial charge in [-0.2, -0.15) is 18.3 Å². The molecule has 9 heteroatoms. The van der Waals surface area contributed by atoms with Crippen LogP contribution in [0.2, 0.25) is 0 Å². The van der Waals surface area contributed by atoms with Crippen LogP contribution in [0.25, 0.3) is 10.9 Å². The van der Waals surface area contributed by atoms with Gasteiger partial charge in [0, 0.05) is 12.5 Å². The molecule has 0 atom stereocenters. The second-order valence-electron chi connectivity index (χ2n) is 3.71. The third-order valence-corrected chi connectivity index (χ3v) is 3.99. The topological polar surface area (TPSA) is 61.2 Å². The van der Waals surface area contributed by atoms with Crippen molar-refractivity contribution in [2.75, 3.05) is 7.11 Å². The average molecular weight is 294 g/mol. The van der Waals surface area contributed by atoms with Gasteiger partial charge < -0.3 is 4.74 Å². The first-order chi connectivity index (χ1) is 8.79. The van der Waals surface area contributed by atoms with E-state index in [1.54, 1.807) is 0 Å². The maximum Gasteiger partial charge on any atom is 0.501 e. The number of aromatic nitrogens is 2. The van der Waals surface area contributed by atoms with E-state index in [1.165, 1.54) is 25.4 Å². The van der Waals surface area contributed by atoms with Gasteiger partial charge in [0.1, 0.15) is 11.6 Å². The van der Waals surface area contributed by atoms with Crippen LogP contribution in [0.15, 0.2) is 29.3 Å². The second-order valence-corrected chi connectivity index (χ2v) is 5.61. The lowest BCUT2D eigenvalue weighted by Crippen LogP contribution is -2.24. The van der Waals surface area contributed by atoms with E-state index in [-0.39, 0.29) is 12.2 Å². The maximum atomic E-state index is 12.6. The number of hydrogen-bond acceptors (Lipinski definition) is 4. The minimum absolute atomic E-state index is 0.123. The number of benzene rings is 1. The summed E-state index contributed by atoms with van der Waals surface area (Å²) in [7, 11) is -4.10. The Labute approximate surface area is 106 Å². The van der Waals surface area contributed by atoms with Gasteiger partial charge in [0.25, 0.3) is 9.84 Å². The van der Waals surface area contributed by atoms with E-state index in [0.29, 0.717) is 5.39 Å². The van der Waals surface area contributed by atoms with Crippen LogP contribution in [-0.4, -0.2) is 30.8 Å². The quantitative estimate of drug-likeness (QED) is 0.868. The molecule has 1 aromatic carbocycles. The van der Waals surface area contributed by atoms with Gasteiger partial charge in [0.2, 0.25) is 0 Å². The number of hydrogen-bond donors (Lipinski definition) is 0. The summed E-state index contributed by atoms with van der Waals surface area (Å²) in [6.45, 7) is -0.145. The Morgan fingerprint density at radius 3 is 2.63 bits per heavy atom. The van der Waals surface area contributed by atoms with E-state index in [2.05, 4.69) is 5.10 Å². The summed E-state index contributed by atoms with van der Waals surface area (Å²) in [5.74, 6) is 0. The van der Waals surface area contributed by atoms with E-state index in [0.717, 1.165) is 10.7 Å². The molecule has 0 bridgehead atoms. The molecule has 2 aromatic rings. The fourth-order valence-electron chi connectivity index (χ4n) is 1.67. The van der Waals surface area contributed by atoms with Crippen LogP contribution in [0.3, 0.4) is 0 Å². The van der Waals surface area contributed by atoms with Crippen LogP contribution in [-0.2, 0) is 21.3 Å². The Hall–Kier alpha value is -1.61. The van der Waals surface area contributed by atoms with E-state index in [1.807, 2.05) is 0 Å². The number of fused-ring (bicyclic) bond motifs is 1. The zero-order chi connectivity index (χ0) is 14.3. The molecule has 2 rings (SSSR count). The predicted molar refractivity (Wildman–Crippen MR) is 60.0 cm³/mol. The molecule has 104 valence electrons. The molecule has 0 saturated heterocycles. The highest BCUT2D eigenvalue weighted by Gasteiger charge is 2.48. The maximum absolute atomic E-state index is 12.6. The van der Waals surface area contributed by atoms with Crippen molar-refractivity contribution in [1.29, 1.82) is 0 Å². The van der Waals surface area contributed by atoms with Crippen molar-refractivity contribution < 1.29 is 26.3 Å². The lowest BCUT2D eigenvalue weighted by Gasteiger charge is -2.10. The molecule has 5 nitrogen and oxygen atoms in total. The molecule has 0 amide bonds. The molecule has 0 spiro atoms. The molecule has 19 heavy (non-hydrogen) atoms. The minimum atomic E-state index is -5.43. The normalized spacial score (nSPS) is 13.1. The lowest BCUT2D eigenvalue weighted by molar-refractivity contribution is -0.0435. The number of halogens is 3. The number of nitrogens with zero attached hydrogens (tertiary/aromatic N) is 2. The number of ether oxygens (including phenoxy) is 1. The van der Waals surface area contributed by atoms with Gasteiger partial charge >= 0.3 is 5.51 Å². The van der Waals surface area contributed by atoms with E-state index in [4.69, 9.17) is 4.74 Å². The van der Waals surface area contributed by atoms with E-state index < -0.39 is 20.2 Å². The summed E-state index contributed by atoms with van der Waals surface area (Å²) >= 11 is 0. The summed E-state index contributed by atoms with van der Waals surface area (Å²) < 4.78 is 66.7. The van der Waals surface area contributed by atoms with Gasteiger partial charge in [0.15, 0.2) is 0 Å². The lowest BCUT2D eigenvalue weighted by atomic mass is 10.2. The average Bonchev–Trinajstić information content (AvgIpc) is 2.71. The zero-order valence-electron chi connectivity index (χ0n) is 9.68. The Balaban J connectivity index is 2.78. The van der Waals surface area contributed by atoms with Crippen molar-refractivity contribution in [3.8, 4) is 0 Å². The van der Waals surface area contributed by atoms with Gasteiger partial charge in [-0.3, -0.25) is 0 Å². The molecular formula is C10H9F3N2O3S. The van der Waals surface area contributed by atoms with Gasteiger partial charge in [-0.1, -0.05) is 12.1 Å². The molecule has 1 aromatic heterocycles. The Kier molecular flexibility index (Phi) is 3.27. The summed E-state index contributed by atoms with van der Waals surface area (Å²) in [5, 5.41) is 4.10. The highest BCUT2D eigenvalue weighted by atomic mass is 32.2. The highest BCUT2D eigenvalue weighted by molar-refractivity contribution is 7.92. The summed E-state index contributed by atoms with van der Waals surface area (Å²) in [4.78, 5) is -0.827. The zero-order valence-corrected chi connectivity index (χ0v) is 10.5. The largest absolute Gasteiger partial charge is 0.501 e. The van der Waals surface area contributed by atoms with Gasteiger partial charge in [-0.15, -0.1) is 0 Å². The van der Waals surface area contributed by atoms with Crippen molar-refractivity contribution in [1.82, 2.24) is 9.78 Å². The van der Waals surface area contributed by atoms with Crippen LogP contribution in [0, 0.1) is 0 Å². The summed E-state index contributed by atoms with van der Waals surface area (Å²) in [5.41, 5.74) is -5.48. The third kappa shape index (κ3) is 2.19. The van der Waals surface area contributed by atoms with Crippen LogP contribution in [0.1, 0.15) is 0 Å². The minimum Gasteiger partial charge on any atom is -0.362 e. The number of rotatable bonds is 3. The van der Waals surface area contributed by atoms with Crippen molar-refractivity contribution in [3.63, 3.8) is 0 Å². The van der Waals surface area contributed by atoms with Gasteiger partial charge in [-0.05, 0) is 6.07 Å². The SMILES string of the molecule is COCn1ncc2cccc(S(=O)(=O)C(F)(F)F)c21. The van der Waals surface area contributed by atoms with Crippen LogP contribution in [0.4, 0.5) is 13.2 Å². The number of methoxy groups -OCH3 is 1. The fourth-order valence-corrected chi connectivity index (χ4v) is 2.66. The van der Waals surface area contributed by atoms with Crippen molar-refractivity contribution in [2.24, 2.45) is 0 Å². The molecule has 0 fully saturated rings. The molecular weight excluding hydrogens is 285 g/mol. The first-order valence-electron chi connectivity index (χ1n) is 5.04. The molecule has 0 aliphatic heterocycles. The molecule has 0 aliphatic rings. The van der Waals surface area contributed by atoms with Crippen LogP contribution in [0.5, 0.6) is 0 Å². The molecule has 0 saturated carbocycles. The third-order valence-electron chi connectivity index (χ3n) is 2.47. The molecule has 0 radical (unpaired) electrons. The molecule has 0 aliphatic carbocycles. The number of sulfone groups is 1. The van der Waals surface area contributed by atoms with E-state index >= 15 is 0 Å². The number of para-hydroxylation sites is 1. The van der Waals surface area contributed by atoms with Crippen LogP contribution >= 0.6 is 0 Å². The first kappa shape index (κ1) is 13.8. The highest BCUT2D eigenvalue weighted by Crippen LogP contribution is 2.34. The number of alkyl halides is 3. The molecule has 1 heterocycles. The summed E-state index contributed by atoms with van der Waals surface area (Å²) in [6.07, 6.45) is 1.28. The predicted octanol–water partition coefficient (Wildman–Crippen LogP) is 1.93. The van der Waals surface area contributed by atoms with Gasteiger partial charge in [0.05, 0.1) is 11.7 Å². The van der Waals surface area contributed by atoms with Gasteiger partial charge in [-0.25, -0.2) is 13.1 Å². The smallest absolute Gasteiger partial charge is 0.362 e. The van der Waals surface area contributed by atoms with Crippen LogP contribution < -0.4 is 0 Å². The first-order valence-corrected chi connectivity index (χ1v) is 6.52. The summed E-state index contributed by atoms with van der Waals surface area (Å²) in [6, 6.07) is 3.61. The fraction of sp³-hybridized carbons (Fsp3) is 0.300. The Morgan fingerprint density at radius 1 is 1.37 bits per heavy atom. The monoisotopic (exact) mass is 294 g/mol. The van der Waals surface area contributed by atoms with Crippen molar-refractivity contribution >= 4 is 20.7 Å². The Bertz CT molecular complexity index is 706. The van der Waals surface area contributed by atoms with Crippen molar-refractivity contribution in [3.05, 3.63) is 24.4 Å². The second kappa shape index (κ2) is 4.49. The molecule has 0 unspecified atom stereocenters. The standard InChI is InChI=1S/C10H9F3N2O3S/c1-18-6-15-9-7(5-14-15)3-2-4-8(9)19(16,17)10(11,12)13/h2-5H,6H2,1H3. The Morgan fingerprint density at radius 2 is 2.05 bits per heavy atom. The van der Waals surface area contributed by atoms with Crippen molar-refractivity contribution in [2.45, 2.75) is 17.1 Å².